The largest absolute Gasteiger partial charge is 0.417 e. The fourth-order valence-electron chi connectivity index (χ4n) is 2.76. The van der Waals surface area contributed by atoms with E-state index in [0.717, 1.165) is 20.9 Å². The van der Waals surface area contributed by atoms with Crippen LogP contribution in [0.3, 0.4) is 0 Å². The van der Waals surface area contributed by atoms with E-state index < -0.39 is 16.8 Å². The first-order valence-electron chi connectivity index (χ1n) is 8.50. The van der Waals surface area contributed by atoms with Crippen LogP contribution in [0.15, 0.2) is 42.7 Å². The second kappa shape index (κ2) is 8.16. The molecule has 0 aliphatic rings. The lowest BCUT2D eigenvalue weighted by Gasteiger charge is -2.11. The fraction of sp³-hybridized carbons (Fsp3) is 0.105. The minimum atomic E-state index is -4.51. The molecule has 0 aliphatic heterocycles. The van der Waals surface area contributed by atoms with E-state index in [1.54, 1.807) is 0 Å². The molecule has 0 amide bonds. The summed E-state index contributed by atoms with van der Waals surface area (Å²) in [6.45, 7) is 2.00. The van der Waals surface area contributed by atoms with E-state index in [9.17, 15) is 13.2 Å². The molecule has 2 aromatic heterocycles. The summed E-state index contributed by atoms with van der Waals surface area (Å²) in [5, 5.41) is 6.53. The molecule has 2 heterocycles. The monoisotopic (exact) mass is 561 g/mol. The number of rotatable bonds is 4. The molecule has 5 nitrogen and oxygen atoms in total. The topological polar surface area (TPSA) is 62.7 Å². The van der Waals surface area contributed by atoms with Crippen LogP contribution in [0.5, 0.6) is 0 Å². The Balaban J connectivity index is 1.65. The van der Waals surface area contributed by atoms with Gasteiger partial charge in [0.15, 0.2) is 15.8 Å². The van der Waals surface area contributed by atoms with Gasteiger partial charge in [-0.05, 0) is 59.3 Å². The quantitative estimate of drug-likeness (QED) is 0.259. The number of halogens is 5. The zero-order valence-corrected chi connectivity index (χ0v) is 18.9. The fourth-order valence-corrected chi connectivity index (χ4v) is 4.62. The van der Waals surface area contributed by atoms with Gasteiger partial charge >= 0.3 is 6.18 Å². The third-order valence-electron chi connectivity index (χ3n) is 4.19. The van der Waals surface area contributed by atoms with Gasteiger partial charge in [-0.15, -0.1) is 0 Å². The zero-order chi connectivity index (χ0) is 21.5. The van der Waals surface area contributed by atoms with E-state index in [2.05, 4.69) is 48.2 Å². The molecule has 0 bridgehead atoms. The van der Waals surface area contributed by atoms with Crippen molar-refractivity contribution in [3.05, 3.63) is 62.4 Å². The molecule has 0 saturated heterocycles. The summed E-state index contributed by atoms with van der Waals surface area (Å²) in [5.74, 6) is 0.375. The van der Waals surface area contributed by atoms with E-state index in [1.807, 2.05) is 25.1 Å². The first kappa shape index (κ1) is 21.1. The van der Waals surface area contributed by atoms with Crippen LogP contribution >= 0.6 is 45.5 Å². The molecule has 2 aromatic carbocycles. The number of aryl methyl sites for hydroxylation is 1. The lowest BCUT2D eigenvalue weighted by atomic mass is 10.2. The Morgan fingerprint density at radius 3 is 2.60 bits per heavy atom. The van der Waals surface area contributed by atoms with Crippen LogP contribution in [0.25, 0.3) is 10.3 Å². The van der Waals surface area contributed by atoms with Crippen molar-refractivity contribution in [2.75, 3.05) is 10.6 Å². The Morgan fingerprint density at radius 2 is 1.90 bits per heavy atom. The van der Waals surface area contributed by atoms with Gasteiger partial charge in [0.1, 0.15) is 11.8 Å². The van der Waals surface area contributed by atoms with Gasteiger partial charge in [-0.25, -0.2) is 15.0 Å². The molecule has 0 saturated carbocycles. The average molecular weight is 562 g/mol. The van der Waals surface area contributed by atoms with Gasteiger partial charge in [-0.2, -0.15) is 13.2 Å². The number of nitrogens with one attached hydrogen (secondary N) is 2. The number of nitrogens with zero attached hydrogens (tertiary/aromatic N) is 3. The Morgan fingerprint density at radius 1 is 1.10 bits per heavy atom. The summed E-state index contributed by atoms with van der Waals surface area (Å²) >= 11 is 9.40. The van der Waals surface area contributed by atoms with Crippen molar-refractivity contribution in [3.63, 3.8) is 0 Å². The lowest BCUT2D eigenvalue weighted by Crippen LogP contribution is -2.06. The number of fused-ring (bicyclic) bond motifs is 1. The van der Waals surface area contributed by atoms with Crippen LogP contribution in [0.2, 0.25) is 5.02 Å². The van der Waals surface area contributed by atoms with E-state index in [0.29, 0.717) is 27.0 Å². The molecule has 0 fully saturated rings. The third kappa shape index (κ3) is 4.30. The summed E-state index contributed by atoms with van der Waals surface area (Å²) in [7, 11) is 0. The molecule has 0 radical (unpaired) electrons. The third-order valence-corrected chi connectivity index (χ3v) is 6.28. The molecule has 0 atom stereocenters. The summed E-state index contributed by atoms with van der Waals surface area (Å²) < 4.78 is 39.8. The van der Waals surface area contributed by atoms with Gasteiger partial charge in [0.2, 0.25) is 0 Å². The van der Waals surface area contributed by atoms with Crippen molar-refractivity contribution >= 4 is 78.2 Å². The first-order chi connectivity index (χ1) is 14.2. The summed E-state index contributed by atoms with van der Waals surface area (Å²) in [5.41, 5.74) is 2.00. The molecule has 2 N–H and O–H groups in total. The number of thiazole rings is 1. The standard InChI is InChI=1S/C19H12ClF3IN5S/c1-9-3-2-4-13(24)14(9)28-18-29-15-16(25-8-26-17(15)30-18)27-10-5-6-11(12(20)7-10)19(21,22)23/h2-8H,1H3,(H,28,29)(H,25,26,27). The molecule has 154 valence electrons. The van der Waals surface area contributed by atoms with Crippen LogP contribution in [-0.4, -0.2) is 15.0 Å². The Hall–Kier alpha value is -2.18. The minimum absolute atomic E-state index is 0.365. The van der Waals surface area contributed by atoms with E-state index in [-0.39, 0.29) is 0 Å². The second-order valence-corrected chi connectivity index (χ2v) is 8.82. The second-order valence-electron chi connectivity index (χ2n) is 6.27. The van der Waals surface area contributed by atoms with E-state index in [1.165, 1.54) is 29.8 Å². The minimum Gasteiger partial charge on any atom is -0.338 e. The van der Waals surface area contributed by atoms with Gasteiger partial charge in [0.25, 0.3) is 0 Å². The van der Waals surface area contributed by atoms with Crippen molar-refractivity contribution in [2.24, 2.45) is 0 Å². The van der Waals surface area contributed by atoms with Crippen LogP contribution in [0.4, 0.5) is 35.5 Å². The lowest BCUT2D eigenvalue weighted by molar-refractivity contribution is -0.137. The van der Waals surface area contributed by atoms with Crippen molar-refractivity contribution in [1.82, 2.24) is 15.0 Å². The maximum absolute atomic E-state index is 12.9. The number of hydrogen-bond donors (Lipinski definition) is 2. The number of benzene rings is 2. The number of hydrogen-bond acceptors (Lipinski definition) is 6. The molecular weight excluding hydrogens is 550 g/mol. The van der Waals surface area contributed by atoms with Crippen molar-refractivity contribution < 1.29 is 13.2 Å². The summed E-state index contributed by atoms with van der Waals surface area (Å²) in [4.78, 5) is 13.6. The molecular formula is C19H12ClF3IN5S. The van der Waals surface area contributed by atoms with Crippen molar-refractivity contribution in [1.29, 1.82) is 0 Å². The predicted molar refractivity (Wildman–Crippen MR) is 122 cm³/mol. The molecule has 0 spiro atoms. The first-order valence-corrected chi connectivity index (χ1v) is 10.8. The SMILES string of the molecule is Cc1cccc(I)c1Nc1nc2c(Nc3ccc(C(F)(F)F)c(Cl)c3)ncnc2s1. The van der Waals surface area contributed by atoms with E-state index in [4.69, 9.17) is 11.6 Å². The molecule has 30 heavy (non-hydrogen) atoms. The number of alkyl halides is 3. The highest BCUT2D eigenvalue weighted by molar-refractivity contribution is 14.1. The van der Waals surface area contributed by atoms with Crippen LogP contribution in [0.1, 0.15) is 11.1 Å². The highest BCUT2D eigenvalue weighted by Crippen LogP contribution is 2.37. The van der Waals surface area contributed by atoms with Gasteiger partial charge in [-0.1, -0.05) is 35.1 Å². The predicted octanol–water partition coefficient (Wildman–Crippen LogP) is 7.16. The maximum Gasteiger partial charge on any atom is 0.417 e. The maximum atomic E-state index is 12.9. The summed E-state index contributed by atoms with van der Waals surface area (Å²) in [6.07, 6.45) is -3.14. The van der Waals surface area contributed by atoms with E-state index >= 15 is 0 Å². The van der Waals surface area contributed by atoms with Crippen LogP contribution < -0.4 is 10.6 Å². The van der Waals surface area contributed by atoms with Gasteiger partial charge in [-0.3, -0.25) is 0 Å². The Bertz CT molecular complexity index is 1220. The molecule has 4 aromatic rings. The van der Waals surface area contributed by atoms with Gasteiger partial charge in [0, 0.05) is 9.26 Å². The molecule has 4 rings (SSSR count). The number of aromatic nitrogens is 3. The highest BCUT2D eigenvalue weighted by Gasteiger charge is 2.33. The zero-order valence-electron chi connectivity index (χ0n) is 15.2. The number of para-hydroxylation sites is 1. The van der Waals surface area contributed by atoms with Gasteiger partial charge in [0.05, 0.1) is 16.3 Å². The van der Waals surface area contributed by atoms with Crippen molar-refractivity contribution in [3.8, 4) is 0 Å². The smallest absolute Gasteiger partial charge is 0.338 e. The average Bonchev–Trinajstić information content (AvgIpc) is 3.08. The Kier molecular flexibility index (Phi) is 5.73. The summed E-state index contributed by atoms with van der Waals surface area (Å²) in [6, 6.07) is 9.40. The van der Waals surface area contributed by atoms with Gasteiger partial charge < -0.3 is 10.6 Å². The van der Waals surface area contributed by atoms with Crippen LogP contribution in [-0.2, 0) is 6.18 Å². The molecule has 0 unspecified atom stereocenters. The highest BCUT2D eigenvalue weighted by atomic mass is 127. The number of anilines is 4. The van der Waals surface area contributed by atoms with Crippen LogP contribution in [0, 0.1) is 10.5 Å². The normalized spacial score (nSPS) is 11.7. The van der Waals surface area contributed by atoms with Crippen molar-refractivity contribution in [2.45, 2.75) is 13.1 Å². The Labute approximate surface area is 191 Å². The molecule has 11 heteroatoms. The molecule has 0 aliphatic carbocycles.